The van der Waals surface area contributed by atoms with Gasteiger partial charge in [-0.1, -0.05) is 18.2 Å². The van der Waals surface area contributed by atoms with Crippen LogP contribution in [0.25, 0.3) is 0 Å². The summed E-state index contributed by atoms with van der Waals surface area (Å²) in [7, 11) is -3.55. The van der Waals surface area contributed by atoms with E-state index in [-0.39, 0.29) is 5.75 Å². The molecule has 0 saturated heterocycles. The van der Waals surface area contributed by atoms with Crippen LogP contribution in [0.1, 0.15) is 11.3 Å². The van der Waals surface area contributed by atoms with Crippen LogP contribution in [0.4, 0.5) is 11.5 Å². The molecule has 0 saturated carbocycles. The lowest BCUT2D eigenvalue weighted by Gasteiger charge is -2.10. The second kappa shape index (κ2) is 5.80. The average molecular weight is 356 g/mol. The molecular weight excluding hydrogens is 342 g/mol. The molecule has 0 aliphatic carbocycles. The van der Waals surface area contributed by atoms with E-state index in [0.29, 0.717) is 22.8 Å². The van der Waals surface area contributed by atoms with Crippen LogP contribution in [-0.4, -0.2) is 13.4 Å². The van der Waals surface area contributed by atoms with Crippen LogP contribution < -0.4 is 10.5 Å². The molecule has 0 fully saturated rings. The standard InChI is InChI=1S/C13H14BrN3O2S/c1-9-11(14)6-7-13(16-9)17-20(18,19)8-10-4-2-3-5-12(10)15/h2-7H,8,15H2,1H3,(H,16,17). The van der Waals surface area contributed by atoms with Crippen molar-refractivity contribution < 1.29 is 8.42 Å². The Morgan fingerprint density at radius 2 is 1.95 bits per heavy atom. The number of sulfonamides is 1. The Kier molecular flexibility index (Phi) is 4.29. The molecule has 2 aromatic rings. The molecule has 0 radical (unpaired) electrons. The van der Waals surface area contributed by atoms with Crippen molar-refractivity contribution >= 4 is 37.5 Å². The van der Waals surface area contributed by atoms with E-state index in [4.69, 9.17) is 5.73 Å². The van der Waals surface area contributed by atoms with Crippen molar-refractivity contribution in [3.05, 3.63) is 52.1 Å². The summed E-state index contributed by atoms with van der Waals surface area (Å²) in [4.78, 5) is 4.15. The largest absolute Gasteiger partial charge is 0.398 e. The van der Waals surface area contributed by atoms with Crippen molar-refractivity contribution in [2.45, 2.75) is 12.7 Å². The molecule has 0 amide bonds. The number of pyridine rings is 1. The number of para-hydroxylation sites is 1. The molecule has 5 nitrogen and oxygen atoms in total. The highest BCUT2D eigenvalue weighted by atomic mass is 79.9. The Morgan fingerprint density at radius 3 is 2.60 bits per heavy atom. The maximum absolute atomic E-state index is 12.1. The van der Waals surface area contributed by atoms with Crippen LogP contribution in [0, 0.1) is 6.92 Å². The smallest absolute Gasteiger partial charge is 0.238 e. The fourth-order valence-electron chi connectivity index (χ4n) is 1.67. The summed E-state index contributed by atoms with van der Waals surface area (Å²) < 4.78 is 27.5. The molecule has 20 heavy (non-hydrogen) atoms. The van der Waals surface area contributed by atoms with Gasteiger partial charge in [-0.05, 0) is 46.6 Å². The van der Waals surface area contributed by atoms with Crippen molar-refractivity contribution in [1.29, 1.82) is 0 Å². The van der Waals surface area contributed by atoms with Crippen LogP contribution in [0.3, 0.4) is 0 Å². The van der Waals surface area contributed by atoms with Gasteiger partial charge in [-0.15, -0.1) is 0 Å². The van der Waals surface area contributed by atoms with Gasteiger partial charge in [-0.3, -0.25) is 4.72 Å². The Labute approximate surface area is 126 Å². The fourth-order valence-corrected chi connectivity index (χ4v) is 3.06. The Balaban J connectivity index is 2.19. The van der Waals surface area contributed by atoms with Gasteiger partial charge in [0.1, 0.15) is 5.82 Å². The maximum atomic E-state index is 12.1. The summed E-state index contributed by atoms with van der Waals surface area (Å²) in [6.07, 6.45) is 0. The minimum Gasteiger partial charge on any atom is -0.398 e. The molecule has 3 N–H and O–H groups in total. The Bertz CT molecular complexity index is 732. The summed E-state index contributed by atoms with van der Waals surface area (Å²) in [5, 5.41) is 0. The number of nitrogen functional groups attached to an aromatic ring is 1. The van der Waals surface area contributed by atoms with Gasteiger partial charge >= 0.3 is 0 Å². The van der Waals surface area contributed by atoms with Crippen LogP contribution in [0.2, 0.25) is 0 Å². The quantitative estimate of drug-likeness (QED) is 0.825. The molecule has 1 aromatic heterocycles. The first-order valence-electron chi connectivity index (χ1n) is 5.84. The molecule has 0 spiro atoms. The number of hydrogen-bond donors (Lipinski definition) is 2. The molecule has 0 unspecified atom stereocenters. The number of aromatic nitrogens is 1. The number of benzene rings is 1. The lowest BCUT2D eigenvalue weighted by Crippen LogP contribution is -2.17. The fraction of sp³-hybridized carbons (Fsp3) is 0.154. The number of nitrogens with two attached hydrogens (primary N) is 1. The van der Waals surface area contributed by atoms with E-state index < -0.39 is 10.0 Å². The summed E-state index contributed by atoms with van der Waals surface area (Å²) >= 11 is 3.32. The third-order valence-electron chi connectivity index (χ3n) is 2.68. The van der Waals surface area contributed by atoms with Gasteiger partial charge in [-0.2, -0.15) is 0 Å². The van der Waals surface area contributed by atoms with Gasteiger partial charge in [0.2, 0.25) is 10.0 Å². The molecule has 0 aliphatic heterocycles. The number of rotatable bonds is 4. The van der Waals surface area contributed by atoms with Crippen molar-refractivity contribution in [1.82, 2.24) is 4.98 Å². The zero-order valence-electron chi connectivity index (χ0n) is 10.8. The van der Waals surface area contributed by atoms with Gasteiger partial charge in [0.15, 0.2) is 0 Å². The molecule has 1 aromatic carbocycles. The lowest BCUT2D eigenvalue weighted by molar-refractivity contribution is 0.600. The van der Waals surface area contributed by atoms with Crippen LogP contribution >= 0.6 is 15.9 Å². The van der Waals surface area contributed by atoms with E-state index >= 15 is 0 Å². The highest BCUT2D eigenvalue weighted by Gasteiger charge is 2.14. The molecule has 0 atom stereocenters. The number of nitrogens with one attached hydrogen (secondary N) is 1. The summed E-state index contributed by atoms with van der Waals surface area (Å²) in [6, 6.07) is 10.2. The van der Waals surface area contributed by atoms with Gasteiger partial charge in [-0.25, -0.2) is 13.4 Å². The monoisotopic (exact) mass is 355 g/mol. The summed E-state index contributed by atoms with van der Waals surface area (Å²) in [5.74, 6) is 0.108. The normalized spacial score (nSPS) is 11.3. The minimum atomic E-state index is -3.55. The van der Waals surface area contributed by atoms with Gasteiger partial charge < -0.3 is 5.73 Å². The van der Waals surface area contributed by atoms with Gasteiger partial charge in [0, 0.05) is 10.2 Å². The second-order valence-electron chi connectivity index (χ2n) is 4.32. The van der Waals surface area contributed by atoms with Crippen LogP contribution in [0.5, 0.6) is 0 Å². The number of aryl methyl sites for hydroxylation is 1. The molecule has 0 aliphatic rings. The second-order valence-corrected chi connectivity index (χ2v) is 6.90. The SMILES string of the molecule is Cc1nc(NS(=O)(=O)Cc2ccccc2N)ccc1Br. The van der Waals surface area contributed by atoms with Crippen molar-refractivity contribution in [3.8, 4) is 0 Å². The van der Waals surface area contributed by atoms with Crippen LogP contribution in [0.15, 0.2) is 40.9 Å². The average Bonchev–Trinajstić information content (AvgIpc) is 2.36. The predicted molar refractivity (Wildman–Crippen MR) is 83.8 cm³/mol. The summed E-state index contributed by atoms with van der Waals surface area (Å²) in [6.45, 7) is 1.79. The number of anilines is 2. The zero-order valence-corrected chi connectivity index (χ0v) is 13.2. The Hall–Kier alpha value is -1.60. The number of halogens is 1. The molecular formula is C13H14BrN3O2S. The molecule has 1 heterocycles. The lowest BCUT2D eigenvalue weighted by atomic mass is 10.2. The first kappa shape index (κ1) is 14.8. The van der Waals surface area contributed by atoms with E-state index in [1.54, 1.807) is 43.3 Å². The maximum Gasteiger partial charge on any atom is 0.238 e. The van der Waals surface area contributed by atoms with Crippen molar-refractivity contribution in [3.63, 3.8) is 0 Å². The third-order valence-corrected chi connectivity index (χ3v) is 4.73. The van der Waals surface area contributed by atoms with Gasteiger partial charge in [0.05, 0.1) is 11.4 Å². The number of nitrogens with zero attached hydrogens (tertiary/aromatic N) is 1. The van der Waals surface area contributed by atoms with Crippen LogP contribution in [-0.2, 0) is 15.8 Å². The molecule has 2 rings (SSSR count). The molecule has 7 heteroatoms. The topological polar surface area (TPSA) is 85.1 Å². The minimum absolute atomic E-state index is 0.184. The highest BCUT2D eigenvalue weighted by molar-refractivity contribution is 9.10. The highest BCUT2D eigenvalue weighted by Crippen LogP contribution is 2.19. The van der Waals surface area contributed by atoms with E-state index in [1.165, 1.54) is 0 Å². The van der Waals surface area contributed by atoms with Crippen molar-refractivity contribution in [2.24, 2.45) is 0 Å². The molecule has 0 bridgehead atoms. The third kappa shape index (κ3) is 3.71. The summed E-state index contributed by atoms with van der Waals surface area (Å²) in [5.41, 5.74) is 7.48. The Morgan fingerprint density at radius 1 is 1.25 bits per heavy atom. The van der Waals surface area contributed by atoms with Gasteiger partial charge in [0.25, 0.3) is 0 Å². The first-order valence-corrected chi connectivity index (χ1v) is 8.29. The van der Waals surface area contributed by atoms with E-state index in [0.717, 1.165) is 4.47 Å². The van der Waals surface area contributed by atoms with E-state index in [2.05, 4.69) is 25.6 Å². The van der Waals surface area contributed by atoms with E-state index in [1.807, 2.05) is 0 Å². The van der Waals surface area contributed by atoms with Crippen molar-refractivity contribution in [2.75, 3.05) is 10.5 Å². The van der Waals surface area contributed by atoms with E-state index in [9.17, 15) is 8.42 Å². The predicted octanol–water partition coefficient (Wildman–Crippen LogP) is 2.68. The first-order chi connectivity index (χ1) is 9.37. The number of hydrogen-bond acceptors (Lipinski definition) is 4. The zero-order chi connectivity index (χ0) is 14.8. The molecule has 106 valence electrons.